The molecular formula is C15H22ClN3O. The second-order valence-corrected chi connectivity index (χ2v) is 5.99. The lowest BCUT2D eigenvalue weighted by Gasteiger charge is -2.29. The normalized spacial score (nSPS) is 22.4. The lowest BCUT2D eigenvalue weighted by Crippen LogP contribution is -2.37. The van der Waals surface area contributed by atoms with Crippen LogP contribution in [0.5, 0.6) is 0 Å². The van der Waals surface area contributed by atoms with Gasteiger partial charge in [-0.05, 0) is 50.0 Å². The van der Waals surface area contributed by atoms with Crippen molar-refractivity contribution in [3.63, 3.8) is 0 Å². The van der Waals surface area contributed by atoms with Crippen LogP contribution in [0.3, 0.4) is 0 Å². The molecule has 0 bridgehead atoms. The Morgan fingerprint density at radius 1 is 1.45 bits per heavy atom. The predicted molar refractivity (Wildman–Crippen MR) is 81.6 cm³/mol. The molecule has 2 rings (SSSR count). The van der Waals surface area contributed by atoms with Gasteiger partial charge in [0.15, 0.2) is 0 Å². The Labute approximate surface area is 125 Å². The minimum atomic E-state index is -0.453. The molecule has 1 aromatic rings. The zero-order chi connectivity index (χ0) is 14.7. The van der Waals surface area contributed by atoms with Crippen molar-refractivity contribution in [2.75, 3.05) is 13.6 Å². The number of nitrogens with zero attached hydrogens (tertiary/aromatic N) is 1. The first kappa shape index (κ1) is 15.3. The van der Waals surface area contributed by atoms with E-state index in [0.29, 0.717) is 22.5 Å². The molecule has 2 unspecified atom stereocenters. The van der Waals surface area contributed by atoms with Crippen molar-refractivity contribution in [1.29, 1.82) is 0 Å². The highest BCUT2D eigenvalue weighted by atomic mass is 35.5. The molecule has 20 heavy (non-hydrogen) atoms. The SMILES string of the molecule is CN(Cc1ccc(C(N)=O)cc1Cl)C1CCCC1CN. The van der Waals surface area contributed by atoms with Gasteiger partial charge in [-0.25, -0.2) is 0 Å². The molecule has 1 aliphatic carbocycles. The molecule has 0 radical (unpaired) electrons. The van der Waals surface area contributed by atoms with Gasteiger partial charge in [0, 0.05) is 23.2 Å². The number of primary amides is 1. The fourth-order valence-electron chi connectivity index (χ4n) is 3.09. The molecule has 0 spiro atoms. The maximum Gasteiger partial charge on any atom is 0.248 e. The van der Waals surface area contributed by atoms with Crippen molar-refractivity contribution >= 4 is 17.5 Å². The summed E-state index contributed by atoms with van der Waals surface area (Å²) < 4.78 is 0. The number of nitrogens with two attached hydrogens (primary N) is 2. The Kier molecular flexibility index (Phi) is 5.02. The molecule has 4 N–H and O–H groups in total. The highest BCUT2D eigenvalue weighted by molar-refractivity contribution is 6.31. The van der Waals surface area contributed by atoms with Crippen molar-refractivity contribution < 1.29 is 4.79 Å². The third-order valence-electron chi connectivity index (χ3n) is 4.25. The summed E-state index contributed by atoms with van der Waals surface area (Å²) in [5.74, 6) is 0.120. The zero-order valence-electron chi connectivity index (χ0n) is 11.8. The van der Waals surface area contributed by atoms with E-state index in [2.05, 4.69) is 11.9 Å². The quantitative estimate of drug-likeness (QED) is 0.872. The monoisotopic (exact) mass is 295 g/mol. The Hall–Kier alpha value is -1.10. The number of hydrogen-bond donors (Lipinski definition) is 2. The van der Waals surface area contributed by atoms with E-state index in [9.17, 15) is 4.79 Å². The summed E-state index contributed by atoms with van der Waals surface area (Å²) >= 11 is 6.24. The van der Waals surface area contributed by atoms with Gasteiger partial charge < -0.3 is 11.5 Å². The van der Waals surface area contributed by atoms with Crippen molar-refractivity contribution in [3.05, 3.63) is 34.3 Å². The molecule has 1 amide bonds. The largest absolute Gasteiger partial charge is 0.366 e. The molecule has 1 saturated carbocycles. The van der Waals surface area contributed by atoms with E-state index in [1.165, 1.54) is 19.3 Å². The fourth-order valence-corrected chi connectivity index (χ4v) is 3.33. The van der Waals surface area contributed by atoms with Crippen LogP contribution in [0.4, 0.5) is 0 Å². The lowest BCUT2D eigenvalue weighted by atomic mass is 10.0. The lowest BCUT2D eigenvalue weighted by molar-refractivity contribution is 0.100. The summed E-state index contributed by atoms with van der Waals surface area (Å²) in [6, 6.07) is 5.77. The van der Waals surface area contributed by atoms with Gasteiger partial charge >= 0.3 is 0 Å². The highest BCUT2D eigenvalue weighted by Crippen LogP contribution is 2.30. The topological polar surface area (TPSA) is 72.3 Å². The molecule has 5 heteroatoms. The number of benzene rings is 1. The number of carbonyl (C=O) groups is 1. The fraction of sp³-hybridized carbons (Fsp3) is 0.533. The molecule has 0 heterocycles. The van der Waals surface area contributed by atoms with Crippen LogP contribution >= 0.6 is 11.6 Å². The standard InChI is InChI=1S/C15H22ClN3O/c1-19(14-4-2-3-11(14)8-17)9-12-6-5-10(15(18)20)7-13(12)16/h5-7,11,14H,2-4,8-9,17H2,1H3,(H2,18,20). The summed E-state index contributed by atoms with van der Waals surface area (Å²) in [4.78, 5) is 13.4. The van der Waals surface area contributed by atoms with Crippen LogP contribution in [-0.2, 0) is 6.54 Å². The first-order valence-electron chi connectivity index (χ1n) is 7.01. The van der Waals surface area contributed by atoms with Crippen LogP contribution in [0.25, 0.3) is 0 Å². The van der Waals surface area contributed by atoms with Crippen molar-refractivity contribution in [2.45, 2.75) is 31.8 Å². The van der Waals surface area contributed by atoms with E-state index < -0.39 is 5.91 Å². The van der Waals surface area contributed by atoms with Crippen LogP contribution in [0.1, 0.15) is 35.2 Å². The highest BCUT2D eigenvalue weighted by Gasteiger charge is 2.29. The third kappa shape index (κ3) is 3.32. The average Bonchev–Trinajstić information content (AvgIpc) is 2.89. The van der Waals surface area contributed by atoms with E-state index in [1.807, 2.05) is 6.07 Å². The van der Waals surface area contributed by atoms with Crippen LogP contribution in [0.15, 0.2) is 18.2 Å². The number of carbonyl (C=O) groups excluding carboxylic acids is 1. The van der Waals surface area contributed by atoms with Gasteiger partial charge in [-0.3, -0.25) is 9.69 Å². The number of hydrogen-bond acceptors (Lipinski definition) is 3. The number of rotatable bonds is 5. The maximum atomic E-state index is 11.1. The predicted octanol–water partition coefficient (Wildman–Crippen LogP) is 2.00. The molecule has 0 saturated heterocycles. The molecule has 0 aromatic heterocycles. The van der Waals surface area contributed by atoms with Gasteiger partial charge in [-0.2, -0.15) is 0 Å². The van der Waals surface area contributed by atoms with Crippen molar-refractivity contribution in [2.24, 2.45) is 17.4 Å². The van der Waals surface area contributed by atoms with Gasteiger partial charge in [-0.15, -0.1) is 0 Å². The van der Waals surface area contributed by atoms with Crippen molar-refractivity contribution in [1.82, 2.24) is 4.90 Å². The van der Waals surface area contributed by atoms with E-state index in [-0.39, 0.29) is 0 Å². The van der Waals surface area contributed by atoms with Crippen molar-refractivity contribution in [3.8, 4) is 0 Å². The van der Waals surface area contributed by atoms with Crippen LogP contribution in [0, 0.1) is 5.92 Å². The van der Waals surface area contributed by atoms with Gasteiger partial charge in [0.2, 0.25) is 5.91 Å². The van der Waals surface area contributed by atoms with E-state index in [4.69, 9.17) is 23.1 Å². The van der Waals surface area contributed by atoms with Gasteiger partial charge in [0.1, 0.15) is 0 Å². The molecule has 4 nitrogen and oxygen atoms in total. The Balaban J connectivity index is 2.07. The maximum absolute atomic E-state index is 11.1. The first-order valence-corrected chi connectivity index (χ1v) is 7.39. The summed E-state index contributed by atoms with van der Waals surface area (Å²) in [6.07, 6.45) is 3.64. The summed E-state index contributed by atoms with van der Waals surface area (Å²) in [7, 11) is 2.11. The van der Waals surface area contributed by atoms with E-state index in [0.717, 1.165) is 18.7 Å². The minimum Gasteiger partial charge on any atom is -0.366 e. The third-order valence-corrected chi connectivity index (χ3v) is 4.60. The first-order chi connectivity index (χ1) is 9.52. The van der Waals surface area contributed by atoms with Crippen LogP contribution in [0.2, 0.25) is 5.02 Å². The molecule has 2 atom stereocenters. The van der Waals surface area contributed by atoms with E-state index in [1.54, 1.807) is 12.1 Å². The minimum absolute atomic E-state index is 0.446. The summed E-state index contributed by atoms with van der Waals surface area (Å²) in [5, 5.41) is 0.593. The molecule has 1 aromatic carbocycles. The van der Waals surface area contributed by atoms with Gasteiger partial charge in [0.05, 0.1) is 0 Å². The van der Waals surface area contributed by atoms with Gasteiger partial charge in [-0.1, -0.05) is 24.1 Å². The zero-order valence-corrected chi connectivity index (χ0v) is 12.6. The molecule has 110 valence electrons. The van der Waals surface area contributed by atoms with Crippen LogP contribution in [-0.4, -0.2) is 30.4 Å². The molecular weight excluding hydrogens is 274 g/mol. The summed E-state index contributed by atoms with van der Waals surface area (Å²) in [6.45, 7) is 1.50. The Bertz CT molecular complexity index is 492. The Morgan fingerprint density at radius 3 is 2.80 bits per heavy atom. The number of amides is 1. The molecule has 0 aliphatic heterocycles. The second-order valence-electron chi connectivity index (χ2n) is 5.58. The van der Waals surface area contributed by atoms with Crippen LogP contribution < -0.4 is 11.5 Å². The smallest absolute Gasteiger partial charge is 0.248 e. The summed E-state index contributed by atoms with van der Waals surface area (Å²) in [5.41, 5.74) is 12.5. The molecule has 1 fully saturated rings. The number of halogens is 1. The Morgan fingerprint density at radius 2 is 2.20 bits per heavy atom. The molecule has 1 aliphatic rings. The van der Waals surface area contributed by atoms with Gasteiger partial charge in [0.25, 0.3) is 0 Å². The second kappa shape index (κ2) is 6.57. The average molecular weight is 296 g/mol. The van der Waals surface area contributed by atoms with E-state index >= 15 is 0 Å².